The van der Waals surface area contributed by atoms with Crippen LogP contribution in [0.1, 0.15) is 31.3 Å². The number of benzene rings is 3. The van der Waals surface area contributed by atoms with Crippen LogP contribution in [0.25, 0.3) is 16.6 Å². The van der Waals surface area contributed by atoms with E-state index in [0.717, 1.165) is 11.3 Å². The van der Waals surface area contributed by atoms with E-state index in [4.69, 9.17) is 4.98 Å². The summed E-state index contributed by atoms with van der Waals surface area (Å²) >= 11 is 0. The molecule has 0 saturated heterocycles. The minimum Gasteiger partial charge on any atom is -0.315 e. The number of amides is 2. The van der Waals surface area contributed by atoms with Crippen LogP contribution in [0.2, 0.25) is 0 Å². The molecule has 162 valence electrons. The van der Waals surface area contributed by atoms with E-state index in [9.17, 15) is 9.59 Å². The van der Waals surface area contributed by atoms with E-state index in [1.807, 2.05) is 93.6 Å². The first-order valence-corrected chi connectivity index (χ1v) is 10.7. The molecule has 0 aliphatic heterocycles. The van der Waals surface area contributed by atoms with Crippen molar-refractivity contribution >= 4 is 22.6 Å². The molecule has 1 atom stereocenters. The number of hydrogen-bond acceptors (Lipinski definition) is 3. The highest BCUT2D eigenvalue weighted by Gasteiger charge is 2.26. The highest BCUT2D eigenvalue weighted by molar-refractivity contribution is 5.90. The third-order valence-corrected chi connectivity index (χ3v) is 5.65. The second-order valence-corrected chi connectivity index (χ2v) is 7.67. The molecular formula is C26H26N4O2. The van der Waals surface area contributed by atoms with Gasteiger partial charge in [-0.2, -0.15) is 0 Å². The van der Waals surface area contributed by atoms with Gasteiger partial charge in [-0.1, -0.05) is 48.5 Å². The van der Waals surface area contributed by atoms with Crippen LogP contribution in [0, 0.1) is 6.92 Å². The summed E-state index contributed by atoms with van der Waals surface area (Å²) < 4.78 is 1.61. The smallest absolute Gasteiger partial charge is 0.315 e. The van der Waals surface area contributed by atoms with Gasteiger partial charge in [0.2, 0.25) is 0 Å². The van der Waals surface area contributed by atoms with Gasteiger partial charge in [-0.05, 0) is 56.7 Å². The largest absolute Gasteiger partial charge is 0.322 e. The lowest BCUT2D eigenvalue weighted by Crippen LogP contribution is -2.39. The molecule has 0 fully saturated rings. The number of anilines is 1. The molecule has 4 rings (SSSR count). The molecule has 6 heteroatoms. The Morgan fingerprint density at radius 2 is 1.66 bits per heavy atom. The highest BCUT2D eigenvalue weighted by atomic mass is 16.2. The van der Waals surface area contributed by atoms with Gasteiger partial charge in [-0.15, -0.1) is 0 Å². The summed E-state index contributed by atoms with van der Waals surface area (Å²) in [6.07, 6.45) is 0. The predicted octanol–water partition coefficient (Wildman–Crippen LogP) is 5.31. The molecule has 0 radical (unpaired) electrons. The van der Waals surface area contributed by atoms with Gasteiger partial charge in [-0.25, -0.2) is 9.78 Å². The Bertz CT molecular complexity index is 1310. The molecule has 6 nitrogen and oxygen atoms in total. The van der Waals surface area contributed by atoms with E-state index in [2.05, 4.69) is 5.32 Å². The number of carbonyl (C=O) groups excluding carboxylic acids is 1. The third kappa shape index (κ3) is 3.99. The molecule has 1 unspecified atom stereocenters. The summed E-state index contributed by atoms with van der Waals surface area (Å²) in [6.45, 7) is 6.22. The van der Waals surface area contributed by atoms with E-state index >= 15 is 0 Å². The van der Waals surface area contributed by atoms with Gasteiger partial charge in [-0.3, -0.25) is 9.36 Å². The summed E-state index contributed by atoms with van der Waals surface area (Å²) in [5.74, 6) is 0.515. The zero-order valence-electron chi connectivity index (χ0n) is 18.4. The maximum atomic E-state index is 13.5. The summed E-state index contributed by atoms with van der Waals surface area (Å²) in [6, 6.07) is 23.7. The van der Waals surface area contributed by atoms with Crippen molar-refractivity contribution in [2.24, 2.45) is 0 Å². The quantitative estimate of drug-likeness (QED) is 0.470. The molecule has 0 aliphatic carbocycles. The molecule has 0 saturated carbocycles. The monoisotopic (exact) mass is 426 g/mol. The molecule has 3 aromatic carbocycles. The van der Waals surface area contributed by atoms with Crippen LogP contribution >= 0.6 is 0 Å². The molecule has 1 N–H and O–H groups in total. The number of nitrogens with one attached hydrogen (secondary N) is 1. The van der Waals surface area contributed by atoms with Crippen molar-refractivity contribution in [3.8, 4) is 5.69 Å². The maximum absolute atomic E-state index is 13.5. The summed E-state index contributed by atoms with van der Waals surface area (Å²) in [5.41, 5.74) is 2.92. The zero-order chi connectivity index (χ0) is 22.7. The standard InChI is InChI=1S/C26H26N4O2/c1-4-29(26(32)28-22-16-10-8-12-18(22)2)19(3)24-27-23-17-11-9-15-21(23)25(31)30(24)20-13-6-5-7-14-20/h5-17,19H,4H2,1-3H3,(H,28,32). The number of urea groups is 1. The van der Waals surface area contributed by atoms with Crippen LogP contribution < -0.4 is 10.9 Å². The normalized spacial score (nSPS) is 11.8. The fourth-order valence-electron chi connectivity index (χ4n) is 3.89. The average Bonchev–Trinajstić information content (AvgIpc) is 2.81. The molecule has 2 amide bonds. The third-order valence-electron chi connectivity index (χ3n) is 5.65. The van der Waals surface area contributed by atoms with Crippen LogP contribution in [0.5, 0.6) is 0 Å². The van der Waals surface area contributed by atoms with Gasteiger partial charge in [0.05, 0.1) is 22.6 Å². The van der Waals surface area contributed by atoms with Crippen molar-refractivity contribution in [2.45, 2.75) is 26.8 Å². The second kappa shape index (κ2) is 9.06. The molecule has 32 heavy (non-hydrogen) atoms. The van der Waals surface area contributed by atoms with E-state index in [0.29, 0.717) is 29.0 Å². The fourth-order valence-corrected chi connectivity index (χ4v) is 3.89. The van der Waals surface area contributed by atoms with Crippen LogP contribution in [-0.2, 0) is 0 Å². The second-order valence-electron chi connectivity index (χ2n) is 7.67. The summed E-state index contributed by atoms with van der Waals surface area (Å²) in [4.78, 5) is 33.2. The molecule has 1 heterocycles. The lowest BCUT2D eigenvalue weighted by atomic mass is 10.2. The molecule has 1 aromatic heterocycles. The maximum Gasteiger partial charge on any atom is 0.322 e. The van der Waals surface area contributed by atoms with Crippen molar-refractivity contribution in [3.05, 3.63) is 101 Å². The topological polar surface area (TPSA) is 67.2 Å². The summed E-state index contributed by atoms with van der Waals surface area (Å²) in [7, 11) is 0. The van der Waals surface area contributed by atoms with E-state index in [1.54, 1.807) is 15.5 Å². The van der Waals surface area contributed by atoms with Crippen molar-refractivity contribution in [3.63, 3.8) is 0 Å². The van der Waals surface area contributed by atoms with Gasteiger partial charge in [0.15, 0.2) is 0 Å². The van der Waals surface area contributed by atoms with E-state index in [1.165, 1.54) is 0 Å². The number of aromatic nitrogens is 2. The van der Waals surface area contributed by atoms with Crippen LogP contribution in [0.3, 0.4) is 0 Å². The first-order valence-electron chi connectivity index (χ1n) is 10.7. The Morgan fingerprint density at radius 1 is 1.00 bits per heavy atom. The SMILES string of the molecule is CCN(C(=O)Nc1ccccc1C)C(C)c1nc2ccccc2c(=O)n1-c1ccccc1. The number of nitrogens with zero attached hydrogens (tertiary/aromatic N) is 3. The van der Waals surface area contributed by atoms with Gasteiger partial charge >= 0.3 is 6.03 Å². The van der Waals surface area contributed by atoms with Gasteiger partial charge < -0.3 is 10.2 Å². The first kappa shape index (κ1) is 21.3. The average molecular weight is 427 g/mol. The molecule has 0 bridgehead atoms. The number of aryl methyl sites for hydroxylation is 1. The van der Waals surface area contributed by atoms with Gasteiger partial charge in [0.25, 0.3) is 5.56 Å². The molecule has 4 aromatic rings. The van der Waals surface area contributed by atoms with Crippen LogP contribution in [0.4, 0.5) is 10.5 Å². The first-order chi connectivity index (χ1) is 15.5. The van der Waals surface area contributed by atoms with Gasteiger partial charge in [0, 0.05) is 12.2 Å². The van der Waals surface area contributed by atoms with Crippen molar-refractivity contribution in [1.82, 2.24) is 14.5 Å². The van der Waals surface area contributed by atoms with Gasteiger partial charge in [0.1, 0.15) is 5.82 Å². The fraction of sp³-hybridized carbons (Fsp3) is 0.192. The van der Waals surface area contributed by atoms with Crippen LogP contribution in [-0.4, -0.2) is 27.0 Å². The van der Waals surface area contributed by atoms with Crippen molar-refractivity contribution in [2.75, 3.05) is 11.9 Å². The van der Waals surface area contributed by atoms with Crippen molar-refractivity contribution in [1.29, 1.82) is 0 Å². The highest BCUT2D eigenvalue weighted by Crippen LogP contribution is 2.24. The number of carbonyl (C=O) groups is 1. The predicted molar refractivity (Wildman–Crippen MR) is 128 cm³/mol. The summed E-state index contributed by atoms with van der Waals surface area (Å²) in [5, 5.41) is 3.54. The van der Waals surface area contributed by atoms with Crippen molar-refractivity contribution < 1.29 is 4.79 Å². The lowest BCUT2D eigenvalue weighted by Gasteiger charge is -2.30. The Balaban J connectivity index is 1.81. The number of rotatable bonds is 5. The Hall–Kier alpha value is -3.93. The van der Waals surface area contributed by atoms with E-state index in [-0.39, 0.29) is 11.6 Å². The van der Waals surface area contributed by atoms with Crippen LogP contribution in [0.15, 0.2) is 83.7 Å². The molecular weight excluding hydrogens is 400 g/mol. The number of fused-ring (bicyclic) bond motifs is 1. The Morgan fingerprint density at radius 3 is 2.38 bits per heavy atom. The minimum atomic E-state index is -0.443. The number of para-hydroxylation sites is 3. The number of hydrogen-bond donors (Lipinski definition) is 1. The minimum absolute atomic E-state index is 0.154. The lowest BCUT2D eigenvalue weighted by molar-refractivity contribution is 0.193. The van der Waals surface area contributed by atoms with E-state index < -0.39 is 6.04 Å². The zero-order valence-corrected chi connectivity index (χ0v) is 18.4. The molecule has 0 aliphatic rings. The molecule has 0 spiro atoms. The Labute approximate surface area is 187 Å². The Kier molecular flexibility index (Phi) is 6.03.